The van der Waals surface area contributed by atoms with Gasteiger partial charge in [0, 0.05) is 88.1 Å². The largest absolute Gasteiger partial charge is 0.367 e. The number of benzene rings is 2. The lowest BCUT2D eigenvalue weighted by Crippen LogP contribution is -2.44. The van der Waals surface area contributed by atoms with Crippen LogP contribution in [0.2, 0.25) is 0 Å². The van der Waals surface area contributed by atoms with Gasteiger partial charge in [-0.05, 0) is 51.1 Å². The minimum absolute atomic E-state index is 0.203. The molecule has 50 heavy (non-hydrogen) atoms. The highest BCUT2D eigenvalue weighted by atomic mass is 32.1. The minimum atomic E-state index is -0.450. The molecule has 0 spiro atoms. The molecule has 9 rings (SSSR count). The highest BCUT2D eigenvalue weighted by Crippen LogP contribution is 2.40. The van der Waals surface area contributed by atoms with Gasteiger partial charge in [-0.1, -0.05) is 11.3 Å². The zero-order valence-electron chi connectivity index (χ0n) is 27.8. The molecule has 3 fully saturated rings. The maximum Gasteiger partial charge on any atom is 0.235 e. The van der Waals surface area contributed by atoms with Crippen molar-refractivity contribution in [1.29, 1.82) is 0 Å². The van der Waals surface area contributed by atoms with Crippen LogP contribution in [0.4, 0.5) is 20.2 Å². The summed E-state index contributed by atoms with van der Waals surface area (Å²) in [5.74, 6) is -0.664. The zero-order chi connectivity index (χ0) is 34.3. The molecule has 1 aliphatic carbocycles. The summed E-state index contributed by atoms with van der Waals surface area (Å²) in [6.07, 6.45) is 5.49. The van der Waals surface area contributed by atoms with Crippen LogP contribution in [-0.2, 0) is 6.54 Å². The molecule has 1 saturated carbocycles. The lowest BCUT2D eigenvalue weighted by molar-refractivity contribution is 0.312. The summed E-state index contributed by atoms with van der Waals surface area (Å²) in [6, 6.07) is 6.48. The third-order valence-electron chi connectivity index (χ3n) is 10.3. The first kappa shape index (κ1) is 31.3. The topological polar surface area (TPSA) is 109 Å². The van der Waals surface area contributed by atoms with Crippen molar-refractivity contribution in [3.63, 3.8) is 0 Å². The van der Waals surface area contributed by atoms with Crippen molar-refractivity contribution >= 4 is 49.5 Å². The van der Waals surface area contributed by atoms with Gasteiger partial charge in [-0.3, -0.25) is 9.59 Å². The van der Waals surface area contributed by atoms with E-state index >= 15 is 8.78 Å². The molecule has 4 aromatic heterocycles. The van der Waals surface area contributed by atoms with E-state index in [2.05, 4.69) is 32.0 Å². The summed E-state index contributed by atoms with van der Waals surface area (Å²) in [7, 11) is 2.06. The van der Waals surface area contributed by atoms with Crippen molar-refractivity contribution in [2.75, 3.05) is 69.2 Å². The van der Waals surface area contributed by atoms with Gasteiger partial charge < -0.3 is 29.2 Å². The summed E-state index contributed by atoms with van der Waals surface area (Å²) >= 11 is 1.18. The SMILES string of the molecule is CCn1cc(-c2nnc3sc(-c4cn(C5CC5)c5cc(N6CCN(C)CC6)c(F)cc5c4=O)nn23)c(=O)c2cc(F)c(N3CCNCC3)cc21. The van der Waals surface area contributed by atoms with Crippen LogP contribution in [-0.4, -0.2) is 93.3 Å². The molecule has 15 heteroatoms. The van der Waals surface area contributed by atoms with Gasteiger partial charge in [0.15, 0.2) is 16.3 Å². The third-order valence-corrected chi connectivity index (χ3v) is 11.2. The van der Waals surface area contributed by atoms with Gasteiger partial charge >= 0.3 is 0 Å². The monoisotopic (exact) mass is 698 g/mol. The highest BCUT2D eigenvalue weighted by Gasteiger charge is 2.29. The number of fused-ring (bicyclic) bond motifs is 3. The van der Waals surface area contributed by atoms with Crippen molar-refractivity contribution in [1.82, 2.24) is 39.2 Å². The normalized spacial score (nSPS) is 17.5. The lowest BCUT2D eigenvalue weighted by Gasteiger charge is -2.34. The summed E-state index contributed by atoms with van der Waals surface area (Å²) in [5, 5.41) is 17.6. The van der Waals surface area contributed by atoms with E-state index in [1.165, 1.54) is 28.0 Å². The molecule has 6 aromatic rings. The molecule has 3 aliphatic rings. The first-order valence-corrected chi connectivity index (χ1v) is 18.0. The fraction of sp³-hybridized carbons (Fsp3) is 0.400. The number of likely N-dealkylation sites (N-methyl/N-ethyl adjacent to an activating group) is 1. The predicted molar refractivity (Wildman–Crippen MR) is 192 cm³/mol. The molecule has 2 aromatic carbocycles. The first-order valence-electron chi connectivity index (χ1n) is 17.2. The van der Waals surface area contributed by atoms with E-state index in [1.807, 2.05) is 33.6 Å². The average molecular weight is 699 g/mol. The Kier molecular flexibility index (Phi) is 7.47. The van der Waals surface area contributed by atoms with E-state index in [0.29, 0.717) is 76.1 Å². The van der Waals surface area contributed by atoms with Crippen LogP contribution in [0, 0.1) is 11.6 Å². The molecule has 0 unspecified atom stereocenters. The Hall–Kier alpha value is -4.73. The van der Waals surface area contributed by atoms with Crippen molar-refractivity contribution < 1.29 is 8.78 Å². The third kappa shape index (κ3) is 5.09. The van der Waals surface area contributed by atoms with Crippen molar-refractivity contribution in [2.24, 2.45) is 0 Å². The number of nitrogens with zero attached hydrogens (tertiary/aromatic N) is 9. The van der Waals surface area contributed by atoms with Gasteiger partial charge in [0.1, 0.15) is 11.6 Å². The second-order valence-electron chi connectivity index (χ2n) is 13.5. The zero-order valence-corrected chi connectivity index (χ0v) is 28.6. The van der Waals surface area contributed by atoms with Crippen molar-refractivity contribution in [2.45, 2.75) is 32.4 Å². The van der Waals surface area contributed by atoms with Gasteiger partial charge in [-0.15, -0.1) is 10.2 Å². The summed E-state index contributed by atoms with van der Waals surface area (Å²) in [5.41, 5.74) is 2.21. The van der Waals surface area contributed by atoms with Crippen LogP contribution in [0.5, 0.6) is 0 Å². The maximum atomic E-state index is 15.7. The smallest absolute Gasteiger partial charge is 0.235 e. The molecule has 12 nitrogen and oxygen atoms in total. The molecular formula is C35H36F2N10O2S. The van der Waals surface area contributed by atoms with E-state index in [0.717, 1.165) is 39.0 Å². The summed E-state index contributed by atoms with van der Waals surface area (Å²) in [6.45, 7) is 8.49. The van der Waals surface area contributed by atoms with Crippen LogP contribution in [0.25, 0.3) is 48.7 Å². The van der Waals surface area contributed by atoms with Gasteiger partial charge in [-0.2, -0.15) is 9.61 Å². The Balaban J connectivity index is 1.14. The Morgan fingerprint density at radius 2 is 1.46 bits per heavy atom. The molecule has 0 radical (unpaired) electrons. The maximum absolute atomic E-state index is 15.7. The van der Waals surface area contributed by atoms with E-state index in [4.69, 9.17) is 5.10 Å². The number of hydrogen-bond donors (Lipinski definition) is 1. The van der Waals surface area contributed by atoms with E-state index in [1.54, 1.807) is 12.3 Å². The number of pyridine rings is 2. The molecular weight excluding hydrogens is 663 g/mol. The number of anilines is 2. The number of piperazine rings is 2. The number of halogens is 2. The average Bonchev–Trinajstić information content (AvgIpc) is 3.77. The number of hydrogen-bond acceptors (Lipinski definition) is 10. The Labute approximate surface area is 289 Å². The lowest BCUT2D eigenvalue weighted by atomic mass is 10.1. The number of nitrogens with one attached hydrogen (secondary N) is 1. The molecule has 6 heterocycles. The van der Waals surface area contributed by atoms with E-state index < -0.39 is 11.6 Å². The summed E-state index contributed by atoms with van der Waals surface area (Å²) < 4.78 is 36.7. The number of aryl methyl sites for hydroxylation is 1. The molecule has 258 valence electrons. The Morgan fingerprint density at radius 3 is 2.14 bits per heavy atom. The van der Waals surface area contributed by atoms with Crippen LogP contribution in [0.3, 0.4) is 0 Å². The Bertz CT molecular complexity index is 2430. The number of aromatic nitrogens is 6. The van der Waals surface area contributed by atoms with Crippen molar-refractivity contribution in [3.8, 4) is 22.0 Å². The van der Waals surface area contributed by atoms with Gasteiger partial charge in [-0.25, -0.2) is 8.78 Å². The fourth-order valence-electron chi connectivity index (χ4n) is 7.32. The van der Waals surface area contributed by atoms with Crippen molar-refractivity contribution in [3.05, 3.63) is 68.7 Å². The molecule has 1 N–H and O–H groups in total. The standard InChI is InChI=1S/C35H36F2N10O2S/c1-3-43-18-23(31(48)21-14-25(36)29(16-27(21)43)44-8-6-38-7-9-44)33-39-40-35-47(33)41-34(50-35)24-19-46(20-4-5-20)28-17-30(26(37)15-22(28)32(24)49)45-12-10-42(2)11-13-45/h14-20,38H,3-13H2,1-2H3. The summed E-state index contributed by atoms with van der Waals surface area (Å²) in [4.78, 5) is 34.7. The molecule has 0 bridgehead atoms. The van der Waals surface area contributed by atoms with Crippen LogP contribution < -0.4 is 26.0 Å². The molecule has 0 atom stereocenters. The fourth-order valence-corrected chi connectivity index (χ4v) is 8.16. The van der Waals surface area contributed by atoms with Gasteiger partial charge in [0.05, 0.1) is 33.5 Å². The van der Waals surface area contributed by atoms with Gasteiger partial charge in [0.2, 0.25) is 10.4 Å². The molecule has 0 amide bonds. The first-order chi connectivity index (χ1) is 24.3. The van der Waals surface area contributed by atoms with Gasteiger partial charge in [0.25, 0.3) is 0 Å². The molecule has 2 aliphatic heterocycles. The Morgan fingerprint density at radius 1 is 0.820 bits per heavy atom. The van der Waals surface area contributed by atoms with Crippen LogP contribution in [0.1, 0.15) is 25.8 Å². The predicted octanol–water partition coefficient (Wildman–Crippen LogP) is 3.94. The second kappa shape index (κ2) is 12.0. The van der Waals surface area contributed by atoms with Crippen LogP contribution in [0.15, 0.2) is 46.2 Å². The quantitative estimate of drug-likeness (QED) is 0.277. The number of rotatable bonds is 6. The molecule has 2 saturated heterocycles. The van der Waals surface area contributed by atoms with E-state index in [-0.39, 0.29) is 33.7 Å². The minimum Gasteiger partial charge on any atom is -0.367 e. The van der Waals surface area contributed by atoms with E-state index in [9.17, 15) is 9.59 Å². The van der Waals surface area contributed by atoms with Crippen LogP contribution >= 0.6 is 11.3 Å². The second-order valence-corrected chi connectivity index (χ2v) is 14.4. The highest BCUT2D eigenvalue weighted by molar-refractivity contribution is 7.19.